The van der Waals surface area contributed by atoms with Crippen molar-refractivity contribution in [3.05, 3.63) is 78.5 Å². The van der Waals surface area contributed by atoms with Gasteiger partial charge in [0.15, 0.2) is 0 Å². The van der Waals surface area contributed by atoms with E-state index in [9.17, 15) is 4.79 Å². The number of benzene rings is 2. The van der Waals surface area contributed by atoms with Crippen molar-refractivity contribution < 1.29 is 4.79 Å². The predicted octanol–water partition coefficient (Wildman–Crippen LogP) is 4.37. The van der Waals surface area contributed by atoms with E-state index in [1.807, 2.05) is 55.7 Å². The molecule has 0 aliphatic carbocycles. The maximum Gasteiger partial charge on any atom is 0.251 e. The molecule has 5 nitrogen and oxygen atoms in total. The Balaban J connectivity index is 1.72. The number of anilines is 2. The fourth-order valence-electron chi connectivity index (χ4n) is 3.40. The largest absolute Gasteiger partial charge is 0.355 e. The van der Waals surface area contributed by atoms with E-state index in [1.54, 1.807) is 7.05 Å². The monoisotopic (exact) mass is 370 g/mol. The first-order valence-corrected chi connectivity index (χ1v) is 9.15. The van der Waals surface area contributed by atoms with E-state index >= 15 is 0 Å². The summed E-state index contributed by atoms with van der Waals surface area (Å²) >= 11 is 0. The molecule has 1 N–H and O–H groups in total. The molecule has 0 fully saturated rings. The highest BCUT2D eigenvalue weighted by Crippen LogP contribution is 2.30. The van der Waals surface area contributed by atoms with E-state index < -0.39 is 0 Å². The molecule has 1 amide bonds. The summed E-state index contributed by atoms with van der Waals surface area (Å²) in [5.74, 6) is 0.808. The third-order valence-corrected chi connectivity index (χ3v) is 5.07. The van der Waals surface area contributed by atoms with Crippen LogP contribution in [0.3, 0.4) is 0 Å². The molecule has 5 heteroatoms. The Morgan fingerprint density at radius 2 is 1.75 bits per heavy atom. The van der Waals surface area contributed by atoms with Crippen molar-refractivity contribution in [1.29, 1.82) is 0 Å². The lowest BCUT2D eigenvalue weighted by Crippen LogP contribution is -2.17. The summed E-state index contributed by atoms with van der Waals surface area (Å²) < 4.78 is 2.16. The molecular weight excluding hydrogens is 348 g/mol. The van der Waals surface area contributed by atoms with Gasteiger partial charge in [-0.2, -0.15) is 0 Å². The number of pyridine rings is 1. The van der Waals surface area contributed by atoms with E-state index in [0.29, 0.717) is 5.56 Å². The highest BCUT2D eigenvalue weighted by atomic mass is 16.1. The lowest BCUT2D eigenvalue weighted by molar-refractivity contribution is 0.0963. The zero-order valence-corrected chi connectivity index (χ0v) is 16.2. The van der Waals surface area contributed by atoms with Crippen LogP contribution in [0.1, 0.15) is 10.4 Å². The molecule has 0 saturated carbocycles. The smallest absolute Gasteiger partial charge is 0.251 e. The third kappa shape index (κ3) is 3.11. The van der Waals surface area contributed by atoms with E-state index in [2.05, 4.69) is 51.1 Å². The number of para-hydroxylation sites is 1. The van der Waals surface area contributed by atoms with Gasteiger partial charge in [0.1, 0.15) is 5.82 Å². The molecule has 0 unspecified atom stereocenters. The summed E-state index contributed by atoms with van der Waals surface area (Å²) in [7, 11) is 5.71. The first-order chi connectivity index (χ1) is 13.6. The lowest BCUT2D eigenvalue weighted by Gasteiger charge is -2.18. The predicted molar refractivity (Wildman–Crippen MR) is 114 cm³/mol. The van der Waals surface area contributed by atoms with Gasteiger partial charge in [-0.15, -0.1) is 0 Å². The maximum absolute atomic E-state index is 11.8. The van der Waals surface area contributed by atoms with E-state index in [4.69, 9.17) is 0 Å². The number of nitrogens with zero attached hydrogens (tertiary/aromatic N) is 3. The fraction of sp³-hybridized carbons (Fsp3) is 0.130. The highest BCUT2D eigenvalue weighted by Gasteiger charge is 2.12. The molecule has 0 bridgehead atoms. The molecule has 28 heavy (non-hydrogen) atoms. The third-order valence-electron chi connectivity index (χ3n) is 5.07. The van der Waals surface area contributed by atoms with Crippen LogP contribution < -0.4 is 10.2 Å². The number of hydrogen-bond acceptors (Lipinski definition) is 3. The van der Waals surface area contributed by atoms with Crippen LogP contribution >= 0.6 is 0 Å². The number of hydrogen-bond donors (Lipinski definition) is 1. The summed E-state index contributed by atoms with van der Waals surface area (Å²) in [5, 5.41) is 3.73. The van der Waals surface area contributed by atoms with Gasteiger partial charge in [-0.25, -0.2) is 4.98 Å². The average Bonchev–Trinajstić information content (AvgIpc) is 3.09. The van der Waals surface area contributed by atoms with Gasteiger partial charge in [0.25, 0.3) is 5.91 Å². The van der Waals surface area contributed by atoms with Crippen LogP contribution in [-0.4, -0.2) is 29.6 Å². The quantitative estimate of drug-likeness (QED) is 0.580. The summed E-state index contributed by atoms with van der Waals surface area (Å²) in [4.78, 5) is 18.5. The first-order valence-electron chi connectivity index (χ1n) is 9.15. The summed E-state index contributed by atoms with van der Waals surface area (Å²) in [5.41, 5.74) is 4.99. The molecule has 140 valence electrons. The van der Waals surface area contributed by atoms with Crippen LogP contribution in [0.25, 0.3) is 22.2 Å². The summed E-state index contributed by atoms with van der Waals surface area (Å²) in [6.07, 6.45) is 1.91. The molecule has 0 saturated heterocycles. The fourth-order valence-corrected chi connectivity index (χ4v) is 3.40. The highest BCUT2D eigenvalue weighted by molar-refractivity contribution is 5.95. The van der Waals surface area contributed by atoms with Crippen LogP contribution in [0.15, 0.2) is 72.9 Å². The molecule has 2 aromatic heterocycles. The van der Waals surface area contributed by atoms with Gasteiger partial charge in [0.2, 0.25) is 0 Å². The Hall–Kier alpha value is -3.60. The molecule has 0 atom stereocenters. The first kappa shape index (κ1) is 17.8. The van der Waals surface area contributed by atoms with Crippen molar-refractivity contribution in [2.24, 2.45) is 7.05 Å². The van der Waals surface area contributed by atoms with Crippen molar-refractivity contribution in [2.45, 2.75) is 0 Å². The summed E-state index contributed by atoms with van der Waals surface area (Å²) in [6, 6.07) is 22.1. The minimum atomic E-state index is -0.0821. The molecule has 0 aliphatic rings. The van der Waals surface area contributed by atoms with Crippen molar-refractivity contribution in [1.82, 2.24) is 14.9 Å². The van der Waals surface area contributed by atoms with E-state index in [-0.39, 0.29) is 5.91 Å². The number of amides is 1. The Kier molecular flexibility index (Phi) is 4.57. The second-order valence-corrected chi connectivity index (χ2v) is 6.74. The zero-order valence-electron chi connectivity index (χ0n) is 16.2. The summed E-state index contributed by atoms with van der Waals surface area (Å²) in [6.45, 7) is 0. The Labute approximate surface area is 164 Å². The van der Waals surface area contributed by atoms with Gasteiger partial charge in [-0.3, -0.25) is 4.79 Å². The number of fused-ring (bicyclic) bond motifs is 1. The Morgan fingerprint density at radius 1 is 1.04 bits per heavy atom. The van der Waals surface area contributed by atoms with Gasteiger partial charge in [0.05, 0.1) is 5.52 Å². The van der Waals surface area contributed by atoms with Gasteiger partial charge in [0, 0.05) is 55.7 Å². The number of carbonyl (C=O) groups is 1. The van der Waals surface area contributed by atoms with Crippen LogP contribution in [0.5, 0.6) is 0 Å². The minimum absolute atomic E-state index is 0.0821. The van der Waals surface area contributed by atoms with Gasteiger partial charge in [-0.05, 0) is 35.9 Å². The molecule has 4 rings (SSSR count). The van der Waals surface area contributed by atoms with Crippen molar-refractivity contribution in [3.63, 3.8) is 0 Å². The van der Waals surface area contributed by atoms with Gasteiger partial charge < -0.3 is 14.8 Å². The second-order valence-electron chi connectivity index (χ2n) is 6.74. The number of nitrogens with one attached hydrogen (secondary N) is 1. The van der Waals surface area contributed by atoms with Gasteiger partial charge in [-0.1, -0.05) is 30.3 Å². The van der Waals surface area contributed by atoms with Crippen molar-refractivity contribution >= 4 is 28.3 Å². The Morgan fingerprint density at radius 3 is 2.43 bits per heavy atom. The normalized spacial score (nSPS) is 10.8. The number of carbonyl (C=O) groups excluding carboxylic acids is 1. The number of rotatable bonds is 4. The molecule has 0 radical (unpaired) electrons. The van der Waals surface area contributed by atoms with E-state index in [0.717, 1.165) is 33.7 Å². The van der Waals surface area contributed by atoms with Crippen LogP contribution in [0, 0.1) is 0 Å². The van der Waals surface area contributed by atoms with Crippen LogP contribution in [0.2, 0.25) is 0 Å². The zero-order chi connectivity index (χ0) is 19.7. The standard InChI is InChI=1S/C23H22N4O/c1-24-23(28)17-11-9-16(10-12-17)20-13-18-15-25-22(14-21(18)27(20)3)26(2)19-7-5-4-6-8-19/h4-15H,1-3H3,(H,24,28). The Bertz CT molecular complexity index is 1130. The molecule has 4 aromatic rings. The van der Waals surface area contributed by atoms with Crippen molar-refractivity contribution in [2.75, 3.05) is 19.0 Å². The van der Waals surface area contributed by atoms with Crippen LogP contribution in [0.4, 0.5) is 11.5 Å². The van der Waals surface area contributed by atoms with E-state index in [1.165, 1.54) is 0 Å². The molecule has 2 aromatic carbocycles. The average molecular weight is 370 g/mol. The topological polar surface area (TPSA) is 50.2 Å². The van der Waals surface area contributed by atoms with Crippen LogP contribution in [-0.2, 0) is 7.05 Å². The lowest BCUT2D eigenvalue weighted by atomic mass is 10.1. The molecule has 0 spiro atoms. The second kappa shape index (κ2) is 7.19. The number of aromatic nitrogens is 2. The SMILES string of the molecule is CNC(=O)c1ccc(-c2cc3cnc(N(C)c4ccccc4)cc3n2C)cc1. The van der Waals surface area contributed by atoms with Gasteiger partial charge >= 0.3 is 0 Å². The van der Waals surface area contributed by atoms with Crippen molar-refractivity contribution in [3.8, 4) is 11.3 Å². The molecule has 0 aliphatic heterocycles. The molecular formula is C23H22N4O. The molecule has 2 heterocycles. The minimum Gasteiger partial charge on any atom is -0.355 e. The number of aryl methyl sites for hydroxylation is 1. The maximum atomic E-state index is 11.8.